The number of methoxy groups -OCH3 is 1. The molecule has 0 unspecified atom stereocenters. The molecule has 0 aromatic heterocycles. The monoisotopic (exact) mass is 298 g/mol. The van der Waals surface area contributed by atoms with Crippen molar-refractivity contribution in [2.24, 2.45) is 0 Å². The Morgan fingerprint density at radius 1 is 1.40 bits per heavy atom. The molecule has 0 saturated heterocycles. The van der Waals surface area contributed by atoms with Gasteiger partial charge in [-0.1, -0.05) is 12.1 Å². The highest BCUT2D eigenvalue weighted by atomic mass is 32.2. The molecule has 0 fully saturated rings. The highest BCUT2D eigenvalue weighted by molar-refractivity contribution is 7.92. The number of carbonyl (C=O) groups excluding carboxylic acids is 1. The molecule has 0 spiro atoms. The zero-order valence-electron chi connectivity index (χ0n) is 11.7. The third-order valence-corrected chi connectivity index (χ3v) is 4.78. The normalized spacial score (nSPS) is 14.8. The van der Waals surface area contributed by atoms with Crippen LogP contribution < -0.4 is 10.0 Å². The Kier molecular flexibility index (Phi) is 3.75. The fraction of sp³-hybridized carbons (Fsp3) is 0.462. The average molecular weight is 298 g/mol. The van der Waals surface area contributed by atoms with Gasteiger partial charge in [-0.15, -0.1) is 0 Å². The lowest BCUT2D eigenvalue weighted by molar-refractivity contribution is 0.0426. The number of fused-ring (bicyclic) bond motifs is 1. The number of sulfonamides is 1. The summed E-state index contributed by atoms with van der Waals surface area (Å²) in [6.45, 7) is 3.80. The summed E-state index contributed by atoms with van der Waals surface area (Å²) >= 11 is 0. The Morgan fingerprint density at radius 2 is 2.10 bits per heavy atom. The van der Waals surface area contributed by atoms with Crippen molar-refractivity contribution in [1.82, 2.24) is 5.32 Å². The summed E-state index contributed by atoms with van der Waals surface area (Å²) in [5.41, 5.74) is 0.698. The van der Waals surface area contributed by atoms with Crippen LogP contribution in [0.5, 0.6) is 0 Å². The van der Waals surface area contributed by atoms with E-state index in [0.29, 0.717) is 17.8 Å². The molecule has 0 aliphatic carbocycles. The van der Waals surface area contributed by atoms with Crippen molar-refractivity contribution in [1.29, 1.82) is 0 Å². The molecule has 1 aliphatic heterocycles. The van der Waals surface area contributed by atoms with E-state index < -0.39 is 15.6 Å². The minimum Gasteiger partial charge on any atom is -0.378 e. The van der Waals surface area contributed by atoms with E-state index in [0.717, 1.165) is 5.56 Å². The maximum Gasteiger partial charge on any atom is 0.254 e. The number of carbonyl (C=O) groups is 1. The van der Waals surface area contributed by atoms with Gasteiger partial charge in [-0.2, -0.15) is 0 Å². The van der Waals surface area contributed by atoms with E-state index in [1.807, 2.05) is 0 Å². The average Bonchev–Trinajstić information content (AvgIpc) is 2.70. The fourth-order valence-corrected chi connectivity index (χ4v) is 3.70. The molecule has 20 heavy (non-hydrogen) atoms. The summed E-state index contributed by atoms with van der Waals surface area (Å²) < 4.78 is 31.9. The first-order chi connectivity index (χ1) is 9.24. The summed E-state index contributed by atoms with van der Waals surface area (Å²) in [4.78, 5) is 11.7. The summed E-state index contributed by atoms with van der Waals surface area (Å²) in [7, 11) is -2.14. The summed E-state index contributed by atoms with van der Waals surface area (Å²) in [6, 6.07) is 5.10. The Morgan fingerprint density at radius 3 is 2.75 bits per heavy atom. The maximum absolute atomic E-state index is 12.2. The Hall–Kier alpha value is -1.60. The predicted octanol–water partition coefficient (Wildman–Crippen LogP) is 1.10. The first kappa shape index (κ1) is 14.8. The van der Waals surface area contributed by atoms with E-state index in [2.05, 4.69) is 10.0 Å². The van der Waals surface area contributed by atoms with E-state index in [4.69, 9.17) is 4.74 Å². The number of hydrogen-bond acceptors (Lipinski definition) is 4. The van der Waals surface area contributed by atoms with Crippen molar-refractivity contribution in [2.75, 3.05) is 17.6 Å². The minimum absolute atomic E-state index is 0.193. The third kappa shape index (κ3) is 3.10. The predicted molar refractivity (Wildman–Crippen MR) is 76.1 cm³/mol. The molecule has 7 heteroatoms. The lowest BCUT2D eigenvalue weighted by Gasteiger charge is -2.23. The van der Waals surface area contributed by atoms with Gasteiger partial charge < -0.3 is 10.1 Å². The zero-order chi connectivity index (χ0) is 15.0. The van der Waals surface area contributed by atoms with Gasteiger partial charge >= 0.3 is 0 Å². The lowest BCUT2D eigenvalue weighted by atomic mass is 10.1. The van der Waals surface area contributed by atoms with Gasteiger partial charge in [-0.05, 0) is 25.5 Å². The van der Waals surface area contributed by atoms with Gasteiger partial charge in [-0.3, -0.25) is 9.52 Å². The van der Waals surface area contributed by atoms with Crippen molar-refractivity contribution in [3.8, 4) is 0 Å². The van der Waals surface area contributed by atoms with Crippen molar-refractivity contribution < 1.29 is 17.9 Å². The van der Waals surface area contributed by atoms with E-state index in [9.17, 15) is 13.2 Å². The van der Waals surface area contributed by atoms with Gasteiger partial charge in [0.1, 0.15) is 0 Å². The molecule has 0 bridgehead atoms. The molecular formula is C13H18N2O4S. The van der Waals surface area contributed by atoms with Crippen LogP contribution in [0.4, 0.5) is 5.69 Å². The van der Waals surface area contributed by atoms with Crippen LogP contribution >= 0.6 is 0 Å². The molecule has 1 heterocycles. The van der Waals surface area contributed by atoms with Crippen LogP contribution in [0.2, 0.25) is 0 Å². The molecule has 1 aromatic rings. The first-order valence-electron chi connectivity index (χ1n) is 6.20. The summed E-state index contributed by atoms with van der Waals surface area (Å²) in [6.07, 6.45) is 0. The number of benzene rings is 1. The smallest absolute Gasteiger partial charge is 0.254 e. The molecular weight excluding hydrogens is 280 g/mol. The third-order valence-electron chi connectivity index (χ3n) is 3.17. The number of rotatable bonds is 5. The molecule has 0 atom stereocenters. The van der Waals surface area contributed by atoms with Crippen molar-refractivity contribution in [3.05, 3.63) is 29.3 Å². The molecule has 110 valence electrons. The molecule has 1 amide bonds. The number of ether oxygens (including phenoxy) is 1. The Bertz CT molecular complexity index is 638. The number of anilines is 1. The highest BCUT2D eigenvalue weighted by Gasteiger charge is 2.28. The topological polar surface area (TPSA) is 84.5 Å². The second-order valence-corrected chi connectivity index (χ2v) is 7.07. The number of nitrogens with one attached hydrogen (secondary N) is 2. The van der Waals surface area contributed by atoms with Crippen molar-refractivity contribution in [2.45, 2.75) is 26.0 Å². The molecule has 2 rings (SSSR count). The maximum atomic E-state index is 12.2. The second-order valence-electron chi connectivity index (χ2n) is 5.35. The summed E-state index contributed by atoms with van der Waals surface area (Å²) in [5, 5.41) is 2.67. The van der Waals surface area contributed by atoms with E-state index in [1.54, 1.807) is 32.0 Å². The van der Waals surface area contributed by atoms with Gasteiger partial charge in [0.05, 0.1) is 22.6 Å². The van der Waals surface area contributed by atoms with Crippen molar-refractivity contribution >= 4 is 21.6 Å². The van der Waals surface area contributed by atoms with Gasteiger partial charge in [0.15, 0.2) is 0 Å². The van der Waals surface area contributed by atoms with Crippen LogP contribution in [-0.4, -0.2) is 32.8 Å². The van der Waals surface area contributed by atoms with E-state index >= 15 is 0 Å². The number of amides is 1. The van der Waals surface area contributed by atoms with Crippen LogP contribution in [0.15, 0.2) is 18.2 Å². The molecule has 2 N–H and O–H groups in total. The van der Waals surface area contributed by atoms with Crippen LogP contribution in [0.1, 0.15) is 29.8 Å². The van der Waals surface area contributed by atoms with E-state index in [1.165, 1.54) is 7.11 Å². The van der Waals surface area contributed by atoms with E-state index in [-0.39, 0.29) is 11.7 Å². The number of hydrogen-bond donors (Lipinski definition) is 2. The SMILES string of the molecule is COC(C)(C)CS(=O)(=O)Nc1cccc2c1C(=O)NC2. The van der Waals surface area contributed by atoms with Gasteiger partial charge in [0.25, 0.3) is 5.91 Å². The molecule has 1 aliphatic rings. The fourth-order valence-electron chi connectivity index (χ4n) is 2.08. The van der Waals surface area contributed by atoms with Gasteiger partial charge in [0.2, 0.25) is 10.0 Å². The van der Waals surface area contributed by atoms with Crippen LogP contribution in [0, 0.1) is 0 Å². The molecule has 1 aromatic carbocycles. The standard InChI is InChI=1S/C13H18N2O4S/c1-13(2,19-3)8-20(17,18)15-10-6-4-5-9-7-14-12(16)11(9)10/h4-6,15H,7-8H2,1-3H3,(H,14,16). The minimum atomic E-state index is -3.60. The first-order valence-corrected chi connectivity index (χ1v) is 7.85. The molecule has 6 nitrogen and oxygen atoms in total. The largest absolute Gasteiger partial charge is 0.378 e. The quantitative estimate of drug-likeness (QED) is 0.852. The van der Waals surface area contributed by atoms with Crippen LogP contribution in [-0.2, 0) is 21.3 Å². The second kappa shape index (κ2) is 5.06. The van der Waals surface area contributed by atoms with Crippen molar-refractivity contribution in [3.63, 3.8) is 0 Å². The Balaban J connectivity index is 2.28. The van der Waals surface area contributed by atoms with Crippen LogP contribution in [0.3, 0.4) is 0 Å². The zero-order valence-corrected chi connectivity index (χ0v) is 12.5. The van der Waals surface area contributed by atoms with Crippen LogP contribution in [0.25, 0.3) is 0 Å². The van der Waals surface area contributed by atoms with Gasteiger partial charge in [0, 0.05) is 13.7 Å². The summed E-state index contributed by atoms with van der Waals surface area (Å²) in [5.74, 6) is -0.453. The molecule has 0 radical (unpaired) electrons. The van der Waals surface area contributed by atoms with Gasteiger partial charge in [-0.25, -0.2) is 8.42 Å². The molecule has 0 saturated carbocycles. The Labute approximate surface area is 118 Å². The lowest BCUT2D eigenvalue weighted by Crippen LogP contribution is -2.35. The highest BCUT2D eigenvalue weighted by Crippen LogP contribution is 2.25.